The molecule has 1 aromatic heterocycles. The van der Waals surface area contributed by atoms with Crippen molar-refractivity contribution in [3.05, 3.63) is 366 Å². The van der Waals surface area contributed by atoms with Gasteiger partial charge in [-0.15, -0.1) is 0 Å². The van der Waals surface area contributed by atoms with E-state index >= 15 is 0 Å². The van der Waals surface area contributed by atoms with Crippen LogP contribution in [0.4, 0.5) is 0 Å². The van der Waals surface area contributed by atoms with Gasteiger partial charge in [-0.2, -0.15) is 0 Å². The molecule has 5 aliphatic rings. The molecule has 12 nitrogen and oxygen atoms in total. The molecule has 4 unspecified atom stereocenters. The van der Waals surface area contributed by atoms with Crippen LogP contribution in [-0.2, 0) is 25.0 Å². The number of benzene rings is 8. The maximum atomic E-state index is 14.2. The van der Waals surface area contributed by atoms with Crippen LogP contribution in [0.15, 0.2) is 359 Å². The van der Waals surface area contributed by atoms with Crippen LogP contribution in [-0.4, -0.2) is 44.7 Å². The highest BCUT2D eigenvalue weighted by Crippen LogP contribution is 2.52. The van der Waals surface area contributed by atoms with E-state index in [1.807, 2.05) is 259 Å². The fourth-order valence-corrected chi connectivity index (χ4v) is 12.4. The van der Waals surface area contributed by atoms with E-state index in [9.17, 15) is 19.2 Å². The zero-order valence-electron chi connectivity index (χ0n) is 50.2. The lowest BCUT2D eigenvalue weighted by Gasteiger charge is -2.34. The van der Waals surface area contributed by atoms with Gasteiger partial charge >= 0.3 is 0 Å². The summed E-state index contributed by atoms with van der Waals surface area (Å²) in [6, 6.07) is 72.3. The van der Waals surface area contributed by atoms with E-state index in [0.717, 1.165) is 16.7 Å². The third-order valence-electron chi connectivity index (χ3n) is 16.6. The zero-order valence-corrected chi connectivity index (χ0v) is 50.2. The lowest BCUT2D eigenvalue weighted by Crippen LogP contribution is -2.34. The fourth-order valence-electron chi connectivity index (χ4n) is 12.4. The van der Waals surface area contributed by atoms with Crippen LogP contribution in [0.25, 0.3) is 33.6 Å². The Bertz CT molecular complexity index is 4860. The van der Waals surface area contributed by atoms with Crippen LogP contribution >= 0.6 is 0 Å². The minimum Gasteiger partial charge on any atom is -0.457 e. The minimum absolute atomic E-state index is 0.145. The van der Waals surface area contributed by atoms with Crippen molar-refractivity contribution >= 4 is 35.2 Å². The number of carbonyl (C=O) groups excluding carboxylic acids is 4. The first-order chi connectivity index (χ1) is 46.4. The molecular formula is C82H54N4O8. The van der Waals surface area contributed by atoms with Gasteiger partial charge < -0.3 is 18.9 Å². The van der Waals surface area contributed by atoms with Gasteiger partial charge in [-0.05, 0) is 119 Å². The number of imidazole rings is 1. The van der Waals surface area contributed by atoms with Crippen molar-refractivity contribution in [2.24, 2.45) is 21.8 Å². The molecule has 0 N–H and O–H groups in total. The van der Waals surface area contributed by atoms with Crippen LogP contribution in [0.3, 0.4) is 0 Å². The van der Waals surface area contributed by atoms with E-state index in [2.05, 4.69) is 23.8 Å². The SMILES string of the molecule is O=C=C1C=C(Oc2ccccc2)C=CC1C1=NC(c2ccccc2-c2ccccc2)(n2c(-c3ccccc3-c3ccccc3)nc(C3C=CC(Oc4ccccc4)=CC3=C=O)c2C2C=CC(Oc3ccccc3)=CC2=C=O)N=C1C1C=CC(Oc2ccccc2)=CC1=C=O. The van der Waals surface area contributed by atoms with Crippen LogP contribution in [0, 0.1) is 11.8 Å². The van der Waals surface area contributed by atoms with Crippen molar-refractivity contribution in [1.29, 1.82) is 0 Å². The Morgan fingerprint density at radius 2 is 0.660 bits per heavy atom. The molecule has 12 heteroatoms. The van der Waals surface area contributed by atoms with Crippen molar-refractivity contribution < 1.29 is 38.1 Å². The number of aromatic nitrogens is 2. The summed E-state index contributed by atoms with van der Waals surface area (Å²) in [4.78, 5) is 74.0. The van der Waals surface area contributed by atoms with Gasteiger partial charge in [0.05, 0.1) is 68.8 Å². The number of nitrogens with zero attached hydrogens (tertiary/aromatic N) is 4. The topological polar surface area (TPSA) is 148 Å². The van der Waals surface area contributed by atoms with E-state index < -0.39 is 29.5 Å². The third-order valence-corrected chi connectivity index (χ3v) is 16.6. The molecule has 0 spiro atoms. The fraction of sp³-hybridized carbons (Fsp3) is 0.0610. The molecule has 0 amide bonds. The summed E-state index contributed by atoms with van der Waals surface area (Å²) in [6.07, 6.45) is 21.0. The second-order valence-electron chi connectivity index (χ2n) is 22.4. The Labute approximate surface area is 541 Å². The van der Waals surface area contributed by atoms with Crippen molar-refractivity contribution in [3.63, 3.8) is 0 Å². The first kappa shape index (κ1) is 58.9. The molecule has 0 saturated heterocycles. The monoisotopic (exact) mass is 1220 g/mol. The van der Waals surface area contributed by atoms with Crippen molar-refractivity contribution in [1.82, 2.24) is 9.55 Å². The molecule has 4 aliphatic carbocycles. The number of rotatable bonds is 17. The molecule has 1 aliphatic heterocycles. The Hall–Kier alpha value is -12.8. The van der Waals surface area contributed by atoms with E-state index in [4.69, 9.17) is 33.9 Å². The van der Waals surface area contributed by atoms with Crippen LogP contribution in [0.1, 0.15) is 28.8 Å². The molecule has 0 bridgehead atoms. The number of hydrogen-bond donors (Lipinski definition) is 0. The molecule has 0 saturated carbocycles. The minimum atomic E-state index is -2.07. The van der Waals surface area contributed by atoms with E-state index in [1.54, 1.807) is 48.6 Å². The predicted molar refractivity (Wildman–Crippen MR) is 363 cm³/mol. The summed E-state index contributed by atoms with van der Waals surface area (Å²) in [6.45, 7) is 0. The highest BCUT2D eigenvalue weighted by Gasteiger charge is 2.51. The molecular weight excluding hydrogens is 1170 g/mol. The summed E-state index contributed by atoms with van der Waals surface area (Å²) in [5, 5.41) is 0. The van der Waals surface area contributed by atoms with Gasteiger partial charge in [0.2, 0.25) is 0 Å². The number of para-hydroxylation sites is 4. The lowest BCUT2D eigenvalue weighted by atomic mass is 9.81. The molecule has 0 fully saturated rings. The normalized spacial score (nSPS) is 19.4. The van der Waals surface area contributed by atoms with Gasteiger partial charge in [0, 0.05) is 11.1 Å². The van der Waals surface area contributed by atoms with Gasteiger partial charge in [-0.1, -0.05) is 206 Å². The third kappa shape index (κ3) is 11.7. The smallest absolute Gasteiger partial charge is 0.261 e. The second-order valence-corrected chi connectivity index (χ2v) is 22.4. The first-order valence-electron chi connectivity index (χ1n) is 30.5. The molecule has 9 aromatic rings. The molecule has 14 rings (SSSR count). The quantitative estimate of drug-likeness (QED) is 0.0813. The number of allylic oxidation sites excluding steroid dienone is 16. The summed E-state index contributed by atoms with van der Waals surface area (Å²) in [7, 11) is 0. The van der Waals surface area contributed by atoms with Crippen molar-refractivity contribution in [2.45, 2.75) is 17.6 Å². The maximum absolute atomic E-state index is 14.2. The lowest BCUT2D eigenvalue weighted by molar-refractivity contribution is 0.389. The van der Waals surface area contributed by atoms with Gasteiger partial charge in [-0.3, -0.25) is 4.57 Å². The predicted octanol–water partition coefficient (Wildman–Crippen LogP) is 16.0. The molecule has 94 heavy (non-hydrogen) atoms. The van der Waals surface area contributed by atoms with Crippen molar-refractivity contribution in [3.8, 4) is 56.6 Å². The molecule has 0 radical (unpaired) electrons. The summed E-state index contributed by atoms with van der Waals surface area (Å²) in [5.74, 6) is 6.98. The van der Waals surface area contributed by atoms with Crippen molar-refractivity contribution in [2.75, 3.05) is 0 Å². The first-order valence-corrected chi connectivity index (χ1v) is 30.5. The standard InChI is InChI=1S/C82H54N4O8/c87-51-57-47-65(91-61-27-11-3-12-28-61)39-43-71(57)77-78(72-44-40-66(48-58(72)52-88)92-62-29-13-4-14-30-62)85-82(84-77,76-38-22-21-36-70(76)56-25-9-2-10-26-56)86-80(74-46-42-68(50-60(74)54-90)94-64-33-17-6-18-34-64)79(73-45-41-67(49-59(73)53-89)93-63-31-15-5-16-32-63)83-81(86)75-37-20-19-35-69(75)55-23-7-1-8-24-55/h1-50,71-74H. The summed E-state index contributed by atoms with van der Waals surface area (Å²) >= 11 is 0. The maximum Gasteiger partial charge on any atom is 0.261 e. The van der Waals surface area contributed by atoms with Crippen LogP contribution < -0.4 is 18.9 Å². The molecule has 8 aromatic carbocycles. The largest absolute Gasteiger partial charge is 0.457 e. The van der Waals surface area contributed by atoms with E-state index in [1.165, 1.54) is 0 Å². The van der Waals surface area contributed by atoms with Crippen LogP contribution in [0.2, 0.25) is 0 Å². The number of ether oxygens (including phenoxy) is 4. The highest BCUT2D eigenvalue weighted by atomic mass is 16.5. The highest BCUT2D eigenvalue weighted by molar-refractivity contribution is 6.47. The van der Waals surface area contributed by atoms with Gasteiger partial charge in [0.1, 0.15) is 75.6 Å². The van der Waals surface area contributed by atoms with E-state index in [0.29, 0.717) is 79.9 Å². The number of aliphatic imine (C=N–C) groups is 2. The second kappa shape index (κ2) is 26.4. The Kier molecular flexibility index (Phi) is 16.5. The van der Waals surface area contributed by atoms with Gasteiger partial charge in [0.15, 0.2) is 0 Å². The Morgan fingerprint density at radius 3 is 1.07 bits per heavy atom. The molecule has 4 atom stereocenters. The molecule has 450 valence electrons. The molecule has 2 heterocycles. The average Bonchev–Trinajstić information content (AvgIpc) is 1.53. The number of hydrogen-bond acceptors (Lipinski definition) is 11. The van der Waals surface area contributed by atoms with Gasteiger partial charge in [-0.25, -0.2) is 34.1 Å². The Balaban J connectivity index is 1.10. The van der Waals surface area contributed by atoms with Gasteiger partial charge in [0.25, 0.3) is 5.79 Å². The summed E-state index contributed by atoms with van der Waals surface area (Å²) < 4.78 is 27.5. The van der Waals surface area contributed by atoms with E-state index in [-0.39, 0.29) is 33.7 Å². The average molecular weight is 1220 g/mol. The van der Waals surface area contributed by atoms with Crippen LogP contribution in [0.5, 0.6) is 23.0 Å². The zero-order chi connectivity index (χ0) is 63.8. The Morgan fingerprint density at radius 1 is 0.340 bits per heavy atom. The summed E-state index contributed by atoms with van der Waals surface area (Å²) in [5.41, 5.74) is 6.14.